The Kier molecular flexibility index (Phi) is 5.62. The standard InChI is InChI=1S/C11H15NO4S/c1-17-7-8-4-5-9(16-8)11(15)12-6-2-3-10(13)14/h4-5H,2-3,6-7H2,1H3,(H,12,15)(H,13,14). The largest absolute Gasteiger partial charge is 0.481 e. The van der Waals surface area contributed by atoms with Crippen molar-refractivity contribution in [1.82, 2.24) is 5.32 Å². The minimum atomic E-state index is -0.862. The molecule has 0 radical (unpaired) electrons. The highest BCUT2D eigenvalue weighted by Crippen LogP contribution is 2.13. The zero-order valence-electron chi connectivity index (χ0n) is 9.56. The summed E-state index contributed by atoms with van der Waals surface area (Å²) in [5.74, 6) is 0.589. The lowest BCUT2D eigenvalue weighted by atomic mass is 10.3. The van der Waals surface area contributed by atoms with Gasteiger partial charge in [-0.3, -0.25) is 9.59 Å². The third-order valence-electron chi connectivity index (χ3n) is 2.03. The molecule has 0 saturated carbocycles. The number of hydrogen-bond donors (Lipinski definition) is 2. The summed E-state index contributed by atoms with van der Waals surface area (Å²) in [6.07, 6.45) is 2.42. The van der Waals surface area contributed by atoms with Gasteiger partial charge >= 0.3 is 5.97 Å². The first-order chi connectivity index (χ1) is 8.13. The summed E-state index contributed by atoms with van der Waals surface area (Å²) in [5, 5.41) is 11.0. The van der Waals surface area contributed by atoms with Gasteiger partial charge in [0.2, 0.25) is 0 Å². The van der Waals surface area contributed by atoms with Gasteiger partial charge in [-0.25, -0.2) is 0 Å². The predicted octanol–water partition coefficient (Wildman–Crippen LogP) is 1.74. The average molecular weight is 257 g/mol. The van der Waals surface area contributed by atoms with Crippen molar-refractivity contribution in [3.63, 3.8) is 0 Å². The molecule has 0 aliphatic heterocycles. The SMILES string of the molecule is CSCc1ccc(C(=O)NCCCC(=O)O)o1. The molecule has 5 nitrogen and oxygen atoms in total. The molecule has 0 atom stereocenters. The summed E-state index contributed by atoms with van der Waals surface area (Å²) in [7, 11) is 0. The van der Waals surface area contributed by atoms with Crippen LogP contribution in [0.5, 0.6) is 0 Å². The van der Waals surface area contributed by atoms with E-state index in [1.54, 1.807) is 23.9 Å². The normalized spacial score (nSPS) is 10.2. The van der Waals surface area contributed by atoms with Crippen molar-refractivity contribution in [2.75, 3.05) is 12.8 Å². The van der Waals surface area contributed by atoms with E-state index in [-0.39, 0.29) is 18.1 Å². The van der Waals surface area contributed by atoms with Crippen molar-refractivity contribution in [1.29, 1.82) is 0 Å². The van der Waals surface area contributed by atoms with Crippen LogP contribution in [0.2, 0.25) is 0 Å². The maximum atomic E-state index is 11.5. The van der Waals surface area contributed by atoms with E-state index < -0.39 is 5.97 Å². The number of carbonyl (C=O) groups is 2. The van der Waals surface area contributed by atoms with Gasteiger partial charge in [0.15, 0.2) is 5.76 Å². The van der Waals surface area contributed by atoms with Crippen LogP contribution in [0.1, 0.15) is 29.2 Å². The lowest BCUT2D eigenvalue weighted by molar-refractivity contribution is -0.137. The van der Waals surface area contributed by atoms with E-state index in [1.807, 2.05) is 6.26 Å². The maximum absolute atomic E-state index is 11.5. The monoisotopic (exact) mass is 257 g/mol. The fraction of sp³-hybridized carbons (Fsp3) is 0.455. The fourth-order valence-electron chi connectivity index (χ4n) is 1.25. The van der Waals surface area contributed by atoms with Gasteiger partial charge in [-0.15, -0.1) is 0 Å². The molecular weight excluding hydrogens is 242 g/mol. The van der Waals surface area contributed by atoms with Crippen LogP contribution in [0.25, 0.3) is 0 Å². The van der Waals surface area contributed by atoms with Crippen molar-refractivity contribution in [2.45, 2.75) is 18.6 Å². The van der Waals surface area contributed by atoms with Gasteiger partial charge in [0.25, 0.3) is 5.91 Å². The molecule has 6 heteroatoms. The van der Waals surface area contributed by atoms with Gasteiger partial charge in [-0.2, -0.15) is 11.8 Å². The molecule has 1 aromatic heterocycles. The van der Waals surface area contributed by atoms with Crippen molar-refractivity contribution in [3.05, 3.63) is 23.7 Å². The quantitative estimate of drug-likeness (QED) is 0.727. The van der Waals surface area contributed by atoms with Gasteiger partial charge < -0.3 is 14.8 Å². The summed E-state index contributed by atoms with van der Waals surface area (Å²) < 4.78 is 5.31. The minimum absolute atomic E-state index is 0.0517. The van der Waals surface area contributed by atoms with Crippen LogP contribution >= 0.6 is 11.8 Å². The highest BCUT2D eigenvalue weighted by Gasteiger charge is 2.10. The second-order valence-electron chi connectivity index (χ2n) is 3.45. The Labute approximate surface area is 104 Å². The highest BCUT2D eigenvalue weighted by atomic mass is 32.2. The summed E-state index contributed by atoms with van der Waals surface area (Å²) in [4.78, 5) is 21.8. The molecule has 0 bridgehead atoms. The van der Waals surface area contributed by atoms with Crippen LogP contribution in [-0.2, 0) is 10.5 Å². The fourth-order valence-corrected chi connectivity index (χ4v) is 1.69. The van der Waals surface area contributed by atoms with Crippen LogP contribution in [0, 0.1) is 0 Å². The summed E-state index contributed by atoms with van der Waals surface area (Å²) in [6, 6.07) is 3.39. The van der Waals surface area contributed by atoms with E-state index >= 15 is 0 Å². The van der Waals surface area contributed by atoms with E-state index in [2.05, 4.69) is 5.32 Å². The van der Waals surface area contributed by atoms with Crippen LogP contribution < -0.4 is 5.32 Å². The molecule has 0 aromatic carbocycles. The Morgan fingerprint density at radius 2 is 2.24 bits per heavy atom. The molecule has 94 valence electrons. The molecule has 0 aliphatic carbocycles. The maximum Gasteiger partial charge on any atom is 0.303 e. The number of carbonyl (C=O) groups excluding carboxylic acids is 1. The van der Waals surface area contributed by atoms with E-state index in [4.69, 9.17) is 9.52 Å². The molecule has 0 saturated heterocycles. The van der Waals surface area contributed by atoms with Crippen molar-refractivity contribution < 1.29 is 19.1 Å². The number of aliphatic carboxylic acids is 1. The third-order valence-corrected chi connectivity index (χ3v) is 2.60. The van der Waals surface area contributed by atoms with Crippen molar-refractivity contribution in [2.24, 2.45) is 0 Å². The van der Waals surface area contributed by atoms with E-state index in [0.29, 0.717) is 13.0 Å². The average Bonchev–Trinajstić information content (AvgIpc) is 2.73. The molecule has 2 N–H and O–H groups in total. The van der Waals surface area contributed by atoms with Gasteiger partial charge in [-0.05, 0) is 24.8 Å². The molecule has 1 heterocycles. The number of rotatable bonds is 7. The second-order valence-corrected chi connectivity index (χ2v) is 4.32. The molecular formula is C11H15NO4S. The molecule has 1 amide bonds. The number of carboxylic acid groups (broad SMARTS) is 1. The smallest absolute Gasteiger partial charge is 0.303 e. The van der Waals surface area contributed by atoms with Crippen LogP contribution in [0.15, 0.2) is 16.5 Å². The molecule has 0 aliphatic rings. The van der Waals surface area contributed by atoms with Crippen molar-refractivity contribution in [3.8, 4) is 0 Å². The first-order valence-corrected chi connectivity index (χ1v) is 6.60. The van der Waals surface area contributed by atoms with Gasteiger partial charge in [0.05, 0.1) is 5.75 Å². The van der Waals surface area contributed by atoms with Gasteiger partial charge in [-0.1, -0.05) is 0 Å². The Morgan fingerprint density at radius 1 is 1.47 bits per heavy atom. The molecule has 1 aromatic rings. The first-order valence-electron chi connectivity index (χ1n) is 5.21. The Balaban J connectivity index is 2.33. The topological polar surface area (TPSA) is 79.5 Å². The molecule has 17 heavy (non-hydrogen) atoms. The van der Waals surface area contributed by atoms with E-state index in [1.165, 1.54) is 0 Å². The number of carboxylic acids is 1. The Hall–Kier alpha value is -1.43. The zero-order chi connectivity index (χ0) is 12.7. The van der Waals surface area contributed by atoms with Crippen molar-refractivity contribution >= 4 is 23.6 Å². The van der Waals surface area contributed by atoms with Gasteiger partial charge in [0, 0.05) is 13.0 Å². The summed E-state index contributed by atoms with van der Waals surface area (Å²) in [5.41, 5.74) is 0. The predicted molar refractivity (Wildman–Crippen MR) is 65.1 cm³/mol. The molecule has 0 spiro atoms. The van der Waals surface area contributed by atoms with E-state index in [9.17, 15) is 9.59 Å². The molecule has 1 rings (SSSR count). The Bertz CT molecular complexity index is 389. The summed E-state index contributed by atoms with van der Waals surface area (Å²) in [6.45, 7) is 0.337. The Morgan fingerprint density at radius 3 is 2.88 bits per heavy atom. The molecule has 0 fully saturated rings. The number of thioether (sulfide) groups is 1. The third kappa shape index (κ3) is 4.95. The highest BCUT2D eigenvalue weighted by molar-refractivity contribution is 7.97. The number of nitrogens with one attached hydrogen (secondary N) is 1. The first kappa shape index (κ1) is 13.6. The zero-order valence-corrected chi connectivity index (χ0v) is 10.4. The van der Waals surface area contributed by atoms with E-state index in [0.717, 1.165) is 11.5 Å². The second kappa shape index (κ2) is 7.01. The van der Waals surface area contributed by atoms with Gasteiger partial charge in [0.1, 0.15) is 5.76 Å². The minimum Gasteiger partial charge on any atom is -0.481 e. The van der Waals surface area contributed by atoms with Crippen LogP contribution in [-0.4, -0.2) is 29.8 Å². The molecule has 0 unspecified atom stereocenters. The number of amides is 1. The van der Waals surface area contributed by atoms with Crippen LogP contribution in [0.4, 0.5) is 0 Å². The lowest BCUT2D eigenvalue weighted by Gasteiger charge is -2.01. The number of furan rings is 1. The number of hydrogen-bond acceptors (Lipinski definition) is 4. The van der Waals surface area contributed by atoms with Crippen LogP contribution in [0.3, 0.4) is 0 Å². The summed E-state index contributed by atoms with van der Waals surface area (Å²) >= 11 is 1.61. The lowest BCUT2D eigenvalue weighted by Crippen LogP contribution is -2.24.